The molecule has 1 aliphatic rings. The molecule has 2 amide bonds. The molecule has 0 spiro atoms. The van der Waals surface area contributed by atoms with E-state index in [0.29, 0.717) is 11.3 Å². The van der Waals surface area contributed by atoms with Crippen molar-refractivity contribution in [3.8, 4) is 11.5 Å². The minimum absolute atomic E-state index is 0.0179. The number of carbonyl (C=O) groups excluding carboxylic acids is 2. The van der Waals surface area contributed by atoms with E-state index in [-0.39, 0.29) is 44.9 Å². The fourth-order valence-electron chi connectivity index (χ4n) is 5.25. The van der Waals surface area contributed by atoms with Crippen LogP contribution < -0.4 is 19.1 Å². The lowest BCUT2D eigenvalue weighted by atomic mass is 9.95. The van der Waals surface area contributed by atoms with Gasteiger partial charge in [-0.25, -0.2) is 12.8 Å². The van der Waals surface area contributed by atoms with Gasteiger partial charge < -0.3 is 19.7 Å². The molecular formula is C32H36Cl2FN3O6S. The van der Waals surface area contributed by atoms with Crippen LogP contribution >= 0.6 is 23.2 Å². The maximum atomic E-state index is 14.2. The minimum atomic E-state index is -4.44. The van der Waals surface area contributed by atoms with E-state index in [4.69, 9.17) is 32.7 Å². The molecule has 0 aromatic heterocycles. The number of nitrogens with one attached hydrogen (secondary N) is 1. The summed E-state index contributed by atoms with van der Waals surface area (Å²) in [5, 5.41) is 3.61. The molecular weight excluding hydrogens is 644 g/mol. The van der Waals surface area contributed by atoms with Gasteiger partial charge in [0, 0.05) is 34.3 Å². The molecule has 3 aromatic rings. The summed E-state index contributed by atoms with van der Waals surface area (Å²) in [7, 11) is -1.65. The van der Waals surface area contributed by atoms with Gasteiger partial charge in [0.25, 0.3) is 10.0 Å². The van der Waals surface area contributed by atoms with Crippen molar-refractivity contribution in [3.63, 3.8) is 0 Å². The molecule has 0 bridgehead atoms. The maximum Gasteiger partial charge on any atom is 0.264 e. The monoisotopic (exact) mass is 679 g/mol. The lowest BCUT2D eigenvalue weighted by Crippen LogP contribution is -2.53. The van der Waals surface area contributed by atoms with Gasteiger partial charge in [0.1, 0.15) is 18.4 Å². The van der Waals surface area contributed by atoms with Crippen molar-refractivity contribution in [2.45, 2.75) is 62.6 Å². The second-order valence-electron chi connectivity index (χ2n) is 10.7. The van der Waals surface area contributed by atoms with Crippen molar-refractivity contribution < 1.29 is 31.9 Å². The van der Waals surface area contributed by atoms with Crippen LogP contribution in [0.25, 0.3) is 0 Å². The quantitative estimate of drug-likeness (QED) is 0.244. The Kier molecular flexibility index (Phi) is 11.6. The van der Waals surface area contributed by atoms with E-state index in [1.54, 1.807) is 25.1 Å². The molecule has 1 atom stereocenters. The first-order valence-electron chi connectivity index (χ1n) is 14.5. The van der Waals surface area contributed by atoms with E-state index in [1.165, 1.54) is 49.5 Å². The van der Waals surface area contributed by atoms with Crippen molar-refractivity contribution >= 4 is 50.7 Å². The molecule has 3 aromatic carbocycles. The fourth-order valence-corrected chi connectivity index (χ4v) is 7.19. The predicted molar refractivity (Wildman–Crippen MR) is 172 cm³/mol. The van der Waals surface area contributed by atoms with Crippen molar-refractivity contribution in [3.05, 3.63) is 82.1 Å². The average Bonchev–Trinajstić information content (AvgIpc) is 3.03. The molecule has 0 aliphatic heterocycles. The number of carbonyl (C=O) groups is 2. The SMILES string of the molecule is COc1ccc(S(=O)(=O)N(CC(=O)N(Cc2c(Cl)cccc2Cl)[C@@H](C)C(=O)NC2CCCCC2)c2ccc(F)cc2)cc1OC. The molecule has 0 unspecified atom stereocenters. The number of ether oxygens (including phenoxy) is 2. The first-order chi connectivity index (χ1) is 21.5. The first kappa shape index (κ1) is 34.3. The number of rotatable bonds is 12. The number of hydrogen-bond acceptors (Lipinski definition) is 6. The van der Waals surface area contributed by atoms with Crippen molar-refractivity contribution in [1.82, 2.24) is 10.2 Å². The smallest absolute Gasteiger partial charge is 0.264 e. The van der Waals surface area contributed by atoms with Gasteiger partial charge in [0.2, 0.25) is 11.8 Å². The Balaban J connectivity index is 1.73. The Labute approximate surface area is 273 Å². The van der Waals surface area contributed by atoms with Crippen LogP contribution in [-0.2, 0) is 26.2 Å². The number of nitrogens with zero attached hydrogens (tertiary/aromatic N) is 2. The molecule has 13 heteroatoms. The maximum absolute atomic E-state index is 14.2. The zero-order valence-corrected chi connectivity index (χ0v) is 27.6. The van der Waals surface area contributed by atoms with E-state index < -0.39 is 34.3 Å². The minimum Gasteiger partial charge on any atom is -0.493 e. The van der Waals surface area contributed by atoms with E-state index in [9.17, 15) is 22.4 Å². The molecule has 9 nitrogen and oxygen atoms in total. The van der Waals surface area contributed by atoms with Crippen LogP contribution in [0.5, 0.6) is 11.5 Å². The van der Waals surface area contributed by atoms with Crippen molar-refractivity contribution in [2.24, 2.45) is 0 Å². The number of benzene rings is 3. The first-order valence-corrected chi connectivity index (χ1v) is 16.7. The third-order valence-corrected chi connectivity index (χ3v) is 10.3. The van der Waals surface area contributed by atoms with Crippen LogP contribution in [0.4, 0.5) is 10.1 Å². The molecule has 1 N–H and O–H groups in total. The van der Waals surface area contributed by atoms with E-state index >= 15 is 0 Å². The van der Waals surface area contributed by atoms with Gasteiger partial charge in [-0.15, -0.1) is 0 Å². The average molecular weight is 681 g/mol. The fraction of sp³-hybridized carbons (Fsp3) is 0.375. The number of sulfonamides is 1. The van der Waals surface area contributed by atoms with Gasteiger partial charge in [-0.3, -0.25) is 13.9 Å². The molecule has 1 saturated carbocycles. The third-order valence-electron chi connectivity index (χ3n) is 7.85. The van der Waals surface area contributed by atoms with Crippen LogP contribution in [0.3, 0.4) is 0 Å². The van der Waals surface area contributed by atoms with Gasteiger partial charge in [-0.1, -0.05) is 48.5 Å². The van der Waals surface area contributed by atoms with Gasteiger partial charge in [0.05, 0.1) is 24.8 Å². The Morgan fingerprint density at radius 2 is 1.58 bits per heavy atom. The van der Waals surface area contributed by atoms with Gasteiger partial charge in [0.15, 0.2) is 11.5 Å². The van der Waals surface area contributed by atoms with E-state index in [2.05, 4.69) is 5.32 Å². The number of amides is 2. The molecule has 1 fully saturated rings. The second kappa shape index (κ2) is 15.2. The van der Waals surface area contributed by atoms with Crippen LogP contribution in [0.2, 0.25) is 10.0 Å². The second-order valence-corrected chi connectivity index (χ2v) is 13.4. The van der Waals surface area contributed by atoms with Gasteiger partial charge in [-0.2, -0.15) is 0 Å². The Morgan fingerprint density at radius 1 is 0.956 bits per heavy atom. The summed E-state index contributed by atoms with van der Waals surface area (Å²) in [6.45, 7) is 0.696. The molecule has 0 heterocycles. The number of methoxy groups -OCH3 is 2. The standard InChI is InChI=1S/C32H36Cl2FN3O6S/c1-21(32(40)36-23-8-5-4-6-9-23)37(19-26-27(33)10-7-11-28(26)34)31(39)20-38(24-14-12-22(35)13-15-24)45(41,42)25-16-17-29(43-2)30(18-25)44-3/h7,10-18,21,23H,4-6,8-9,19-20H2,1-3H3,(H,36,40)/t21-/m0/s1. The molecule has 242 valence electrons. The summed E-state index contributed by atoms with van der Waals surface area (Å²) in [5.41, 5.74) is 0.442. The zero-order valence-electron chi connectivity index (χ0n) is 25.3. The normalized spacial score (nSPS) is 14.4. The largest absolute Gasteiger partial charge is 0.493 e. The van der Waals surface area contributed by atoms with Crippen LogP contribution in [0.15, 0.2) is 65.6 Å². The number of halogens is 3. The third kappa shape index (κ3) is 8.19. The molecule has 4 rings (SSSR count). The van der Waals surface area contributed by atoms with Gasteiger partial charge in [-0.05, 0) is 68.3 Å². The summed E-state index contributed by atoms with van der Waals surface area (Å²) in [6, 6.07) is 12.6. The van der Waals surface area contributed by atoms with Crippen LogP contribution in [-0.4, -0.2) is 58.0 Å². The molecule has 1 aliphatic carbocycles. The summed E-state index contributed by atoms with van der Waals surface area (Å²) in [6.07, 6.45) is 4.77. The highest BCUT2D eigenvalue weighted by Gasteiger charge is 2.34. The Bertz CT molecular complexity index is 1600. The highest BCUT2D eigenvalue weighted by molar-refractivity contribution is 7.92. The highest BCUT2D eigenvalue weighted by atomic mass is 35.5. The predicted octanol–water partition coefficient (Wildman–Crippen LogP) is 6.21. The lowest BCUT2D eigenvalue weighted by Gasteiger charge is -2.33. The molecule has 0 radical (unpaired) electrons. The number of anilines is 1. The van der Waals surface area contributed by atoms with E-state index in [1.807, 2.05) is 0 Å². The van der Waals surface area contributed by atoms with Crippen LogP contribution in [0.1, 0.15) is 44.6 Å². The van der Waals surface area contributed by atoms with Gasteiger partial charge >= 0.3 is 0 Å². The summed E-state index contributed by atoms with van der Waals surface area (Å²) in [4.78, 5) is 28.7. The summed E-state index contributed by atoms with van der Waals surface area (Å²) < 4.78 is 53.5. The zero-order chi connectivity index (χ0) is 32.7. The summed E-state index contributed by atoms with van der Waals surface area (Å²) >= 11 is 12.9. The molecule has 45 heavy (non-hydrogen) atoms. The topological polar surface area (TPSA) is 105 Å². The lowest BCUT2D eigenvalue weighted by molar-refractivity contribution is -0.139. The Morgan fingerprint density at radius 3 is 2.18 bits per heavy atom. The van der Waals surface area contributed by atoms with E-state index in [0.717, 1.165) is 48.5 Å². The van der Waals surface area contributed by atoms with Crippen LogP contribution in [0, 0.1) is 5.82 Å². The molecule has 0 saturated heterocycles. The highest BCUT2D eigenvalue weighted by Crippen LogP contribution is 2.33. The van der Waals surface area contributed by atoms with Crippen molar-refractivity contribution in [1.29, 1.82) is 0 Å². The van der Waals surface area contributed by atoms with Crippen molar-refractivity contribution in [2.75, 3.05) is 25.1 Å². The summed E-state index contributed by atoms with van der Waals surface area (Å²) in [5.74, 6) is -1.20. The number of hydrogen-bond donors (Lipinski definition) is 1. The Hall–Kier alpha value is -3.54.